The second-order valence-electron chi connectivity index (χ2n) is 5.16. The van der Waals surface area contributed by atoms with Crippen LogP contribution in [-0.2, 0) is 27.9 Å². The molecule has 0 aromatic heterocycles. The first-order chi connectivity index (χ1) is 10.9. The van der Waals surface area contributed by atoms with Crippen LogP contribution in [0.5, 0.6) is 0 Å². The van der Waals surface area contributed by atoms with Crippen LogP contribution in [-0.4, -0.2) is 39.2 Å². The standard InChI is InChI=1S/C9H19O4P.C7H14O2/c1-4-5-6-7-9(10)8-14(11,12-2)13-3;1-3-4-5-6-7(8)9-2/h4-8H2,1-3H3;3-6H2,1-2H3. The molecular formula is C16H33O6P. The number of carbonyl (C=O) groups is 2. The van der Waals surface area contributed by atoms with Crippen LogP contribution in [0.3, 0.4) is 0 Å². The van der Waals surface area contributed by atoms with Crippen molar-refractivity contribution in [2.45, 2.75) is 65.2 Å². The van der Waals surface area contributed by atoms with Crippen molar-refractivity contribution in [2.24, 2.45) is 0 Å². The molecule has 23 heavy (non-hydrogen) atoms. The lowest BCUT2D eigenvalue weighted by Crippen LogP contribution is -2.07. The van der Waals surface area contributed by atoms with Gasteiger partial charge < -0.3 is 13.8 Å². The van der Waals surface area contributed by atoms with E-state index in [0.717, 1.165) is 38.5 Å². The molecule has 0 aromatic carbocycles. The number of hydrogen-bond acceptors (Lipinski definition) is 6. The summed E-state index contributed by atoms with van der Waals surface area (Å²) >= 11 is 0. The summed E-state index contributed by atoms with van der Waals surface area (Å²) in [5.74, 6) is -0.145. The molecule has 0 atom stereocenters. The fraction of sp³-hybridized carbons (Fsp3) is 0.875. The van der Waals surface area contributed by atoms with E-state index in [1.165, 1.54) is 21.3 Å². The molecule has 0 amide bonds. The third-order valence-corrected chi connectivity index (χ3v) is 5.05. The molecule has 0 aromatic rings. The van der Waals surface area contributed by atoms with Crippen LogP contribution in [0.4, 0.5) is 0 Å². The predicted octanol–water partition coefficient (Wildman–Crippen LogP) is 4.36. The van der Waals surface area contributed by atoms with Crippen molar-refractivity contribution in [3.8, 4) is 0 Å². The van der Waals surface area contributed by atoms with Gasteiger partial charge in [0.15, 0.2) is 0 Å². The highest BCUT2D eigenvalue weighted by Crippen LogP contribution is 2.46. The predicted molar refractivity (Wildman–Crippen MR) is 91.8 cm³/mol. The highest BCUT2D eigenvalue weighted by atomic mass is 31.2. The van der Waals surface area contributed by atoms with Gasteiger partial charge in [-0.15, -0.1) is 0 Å². The zero-order chi connectivity index (χ0) is 18.1. The van der Waals surface area contributed by atoms with Crippen LogP contribution in [0.2, 0.25) is 0 Å². The van der Waals surface area contributed by atoms with E-state index < -0.39 is 7.60 Å². The van der Waals surface area contributed by atoms with E-state index in [4.69, 9.17) is 0 Å². The normalized spacial score (nSPS) is 10.7. The van der Waals surface area contributed by atoms with Gasteiger partial charge >= 0.3 is 13.6 Å². The second-order valence-corrected chi connectivity index (χ2v) is 7.43. The maximum absolute atomic E-state index is 11.5. The molecule has 0 unspecified atom stereocenters. The minimum Gasteiger partial charge on any atom is -0.469 e. The van der Waals surface area contributed by atoms with Gasteiger partial charge in [0.25, 0.3) is 0 Å². The molecule has 7 heteroatoms. The summed E-state index contributed by atoms with van der Waals surface area (Å²) in [5.41, 5.74) is 0. The Morgan fingerprint density at radius 1 is 0.826 bits per heavy atom. The van der Waals surface area contributed by atoms with E-state index >= 15 is 0 Å². The smallest absolute Gasteiger partial charge is 0.337 e. The van der Waals surface area contributed by atoms with Crippen LogP contribution >= 0.6 is 7.60 Å². The molecule has 0 saturated carbocycles. The van der Waals surface area contributed by atoms with Crippen LogP contribution in [0.25, 0.3) is 0 Å². The minimum atomic E-state index is -3.14. The maximum atomic E-state index is 11.5. The Kier molecular flexibility index (Phi) is 17.2. The van der Waals surface area contributed by atoms with Crippen molar-refractivity contribution in [3.05, 3.63) is 0 Å². The van der Waals surface area contributed by atoms with E-state index in [1.807, 2.05) is 0 Å². The summed E-state index contributed by atoms with van der Waals surface area (Å²) in [6.45, 7) is 4.18. The molecule has 0 spiro atoms. The molecule has 0 saturated heterocycles. The Bertz CT molecular complexity index is 348. The van der Waals surface area contributed by atoms with Gasteiger partial charge in [-0.25, -0.2) is 0 Å². The van der Waals surface area contributed by atoms with Crippen molar-refractivity contribution in [1.82, 2.24) is 0 Å². The zero-order valence-corrected chi connectivity index (χ0v) is 16.2. The van der Waals surface area contributed by atoms with E-state index in [9.17, 15) is 14.2 Å². The molecule has 138 valence electrons. The molecule has 0 aliphatic rings. The maximum Gasteiger partial charge on any atom is 0.337 e. The molecule has 0 heterocycles. The van der Waals surface area contributed by atoms with Gasteiger partial charge in [0, 0.05) is 27.1 Å². The third kappa shape index (κ3) is 15.9. The summed E-state index contributed by atoms with van der Waals surface area (Å²) in [6.07, 6.45) is 7.10. The van der Waals surface area contributed by atoms with Crippen LogP contribution in [0.15, 0.2) is 0 Å². The second kappa shape index (κ2) is 16.2. The van der Waals surface area contributed by atoms with Crippen LogP contribution < -0.4 is 0 Å². The molecule has 6 nitrogen and oxygen atoms in total. The number of unbranched alkanes of at least 4 members (excludes halogenated alkanes) is 4. The monoisotopic (exact) mass is 352 g/mol. The van der Waals surface area contributed by atoms with Gasteiger partial charge in [0.05, 0.1) is 7.11 Å². The number of methoxy groups -OCH3 is 1. The lowest BCUT2D eigenvalue weighted by molar-refractivity contribution is -0.140. The number of Topliss-reactive ketones (excluding diaryl/α,β-unsaturated/α-hetero) is 1. The highest BCUT2D eigenvalue weighted by Gasteiger charge is 2.24. The van der Waals surface area contributed by atoms with E-state index in [1.54, 1.807) is 0 Å². The van der Waals surface area contributed by atoms with Crippen LogP contribution in [0, 0.1) is 0 Å². The van der Waals surface area contributed by atoms with Gasteiger partial charge in [0.1, 0.15) is 11.9 Å². The number of esters is 1. The Morgan fingerprint density at radius 2 is 1.30 bits per heavy atom. The average Bonchev–Trinajstić information content (AvgIpc) is 2.55. The molecule has 0 aliphatic heterocycles. The Labute approximate surface area is 140 Å². The molecule has 0 bridgehead atoms. The molecule has 0 aliphatic carbocycles. The van der Waals surface area contributed by atoms with Crippen molar-refractivity contribution < 1.29 is 27.9 Å². The summed E-state index contributed by atoms with van der Waals surface area (Å²) < 4.78 is 25.3. The average molecular weight is 352 g/mol. The first-order valence-electron chi connectivity index (χ1n) is 8.18. The fourth-order valence-corrected chi connectivity index (χ4v) is 2.69. The van der Waals surface area contributed by atoms with Gasteiger partial charge in [-0.1, -0.05) is 39.5 Å². The quantitative estimate of drug-likeness (QED) is 0.295. The number of rotatable bonds is 12. The number of carbonyl (C=O) groups excluding carboxylic acids is 2. The van der Waals surface area contributed by atoms with Gasteiger partial charge in [-0.05, 0) is 12.8 Å². The minimum absolute atomic E-state index is 0.0505. The molecule has 0 N–H and O–H groups in total. The van der Waals surface area contributed by atoms with Gasteiger partial charge in [-0.3, -0.25) is 14.2 Å². The van der Waals surface area contributed by atoms with E-state index in [-0.39, 0.29) is 17.9 Å². The highest BCUT2D eigenvalue weighted by molar-refractivity contribution is 7.54. The lowest BCUT2D eigenvalue weighted by atomic mass is 10.2. The van der Waals surface area contributed by atoms with E-state index in [2.05, 4.69) is 27.6 Å². The number of hydrogen-bond donors (Lipinski definition) is 0. The van der Waals surface area contributed by atoms with Crippen molar-refractivity contribution in [3.63, 3.8) is 0 Å². The SMILES string of the molecule is CCCCCC(=O)CP(=O)(OC)OC.CCCCCC(=O)OC. The summed E-state index contributed by atoms with van der Waals surface area (Å²) in [6, 6.07) is 0. The Morgan fingerprint density at radius 3 is 1.70 bits per heavy atom. The Balaban J connectivity index is 0. The van der Waals surface area contributed by atoms with E-state index in [0.29, 0.717) is 12.8 Å². The van der Waals surface area contributed by atoms with Crippen LogP contribution in [0.1, 0.15) is 65.2 Å². The Hall–Kier alpha value is -0.710. The third-order valence-electron chi connectivity index (χ3n) is 3.20. The summed E-state index contributed by atoms with van der Waals surface area (Å²) in [4.78, 5) is 21.8. The molecule has 0 radical (unpaired) electrons. The fourth-order valence-electron chi connectivity index (χ4n) is 1.69. The van der Waals surface area contributed by atoms with Crippen molar-refractivity contribution in [1.29, 1.82) is 0 Å². The first kappa shape index (κ1) is 24.5. The van der Waals surface area contributed by atoms with Gasteiger partial charge in [-0.2, -0.15) is 0 Å². The number of ether oxygens (including phenoxy) is 1. The summed E-state index contributed by atoms with van der Waals surface area (Å²) in [7, 11) is 0.880. The molecule has 0 fully saturated rings. The molecular weight excluding hydrogens is 319 g/mol. The number of ketones is 1. The van der Waals surface area contributed by atoms with Crippen molar-refractivity contribution >= 4 is 19.3 Å². The lowest BCUT2D eigenvalue weighted by Gasteiger charge is -2.12. The van der Waals surface area contributed by atoms with Crippen molar-refractivity contribution in [2.75, 3.05) is 27.5 Å². The van der Waals surface area contributed by atoms with Gasteiger partial charge in [0.2, 0.25) is 0 Å². The first-order valence-corrected chi connectivity index (χ1v) is 9.90. The zero-order valence-electron chi connectivity index (χ0n) is 15.3. The molecule has 0 rings (SSSR count). The largest absolute Gasteiger partial charge is 0.469 e. The topological polar surface area (TPSA) is 78.9 Å². The summed E-state index contributed by atoms with van der Waals surface area (Å²) in [5, 5.41) is 0.